The molecule has 13 heteroatoms. The summed E-state index contributed by atoms with van der Waals surface area (Å²) in [5.41, 5.74) is 1.71. The SMILES string of the molecule is CS(=O)(=O)NC(=O)[C@]1(OC[C@@H]2C[C@@H]2c2ccc(Cl)cc2)C[C@@H](O)[C@@H](O)[C@H](OC(=O)/C=C(/c2ccccc2)n2cnc3ccccc32)C1. The fourth-order valence-corrected chi connectivity index (χ4v) is 6.79. The number of halogens is 1. The smallest absolute Gasteiger partial charge is 0.333 e. The third-order valence-electron chi connectivity index (χ3n) is 8.64. The number of aliphatic hydroxyl groups is 2. The molecule has 2 aliphatic carbocycles. The van der Waals surface area contributed by atoms with Crippen molar-refractivity contribution in [3.05, 3.63) is 107 Å². The molecule has 3 N–H and O–H groups in total. The van der Waals surface area contributed by atoms with Gasteiger partial charge in [0.25, 0.3) is 5.91 Å². The van der Waals surface area contributed by atoms with Crippen molar-refractivity contribution in [3.8, 4) is 0 Å². The topological polar surface area (TPSA) is 157 Å². The van der Waals surface area contributed by atoms with Gasteiger partial charge in [0.1, 0.15) is 18.5 Å². The average Bonchev–Trinajstić information content (AvgIpc) is 3.70. The number of amides is 1. The van der Waals surface area contributed by atoms with E-state index in [1.165, 1.54) is 6.08 Å². The normalized spacial score (nSPS) is 26.1. The van der Waals surface area contributed by atoms with E-state index in [2.05, 4.69) is 4.98 Å². The Morgan fingerprint density at radius 1 is 1.04 bits per heavy atom. The van der Waals surface area contributed by atoms with Crippen molar-refractivity contribution >= 4 is 50.2 Å². The molecule has 1 amide bonds. The van der Waals surface area contributed by atoms with E-state index in [4.69, 9.17) is 21.1 Å². The van der Waals surface area contributed by atoms with Crippen LogP contribution in [0.5, 0.6) is 0 Å². The largest absolute Gasteiger partial charge is 0.456 e. The van der Waals surface area contributed by atoms with E-state index in [1.54, 1.807) is 23.0 Å². The lowest BCUT2D eigenvalue weighted by atomic mass is 9.78. The third-order valence-corrected chi connectivity index (χ3v) is 9.44. The number of rotatable bonds is 10. The number of ether oxygens (including phenoxy) is 2. The molecule has 0 aliphatic heterocycles. The van der Waals surface area contributed by atoms with Crippen molar-refractivity contribution in [2.24, 2.45) is 5.92 Å². The summed E-state index contributed by atoms with van der Waals surface area (Å²) in [6, 6.07) is 23.9. The summed E-state index contributed by atoms with van der Waals surface area (Å²) >= 11 is 6.02. The molecule has 0 radical (unpaired) electrons. The van der Waals surface area contributed by atoms with Crippen molar-refractivity contribution in [1.29, 1.82) is 0 Å². The molecule has 6 rings (SSSR count). The number of sulfonamides is 1. The number of fused-ring (bicyclic) bond motifs is 1. The van der Waals surface area contributed by atoms with Crippen LogP contribution < -0.4 is 4.72 Å². The van der Waals surface area contributed by atoms with Gasteiger partial charge in [-0.1, -0.05) is 66.2 Å². The Labute approximate surface area is 276 Å². The number of aromatic nitrogens is 2. The Hall–Kier alpha value is -4.07. The molecule has 4 aromatic rings. The molecule has 47 heavy (non-hydrogen) atoms. The van der Waals surface area contributed by atoms with Crippen molar-refractivity contribution in [2.75, 3.05) is 12.9 Å². The minimum absolute atomic E-state index is 0.0189. The number of aliphatic hydroxyl groups excluding tert-OH is 2. The first-order valence-corrected chi connectivity index (χ1v) is 17.4. The predicted molar refractivity (Wildman–Crippen MR) is 175 cm³/mol. The molecule has 0 saturated heterocycles. The van der Waals surface area contributed by atoms with E-state index in [0.717, 1.165) is 23.8 Å². The number of para-hydroxylation sites is 2. The summed E-state index contributed by atoms with van der Waals surface area (Å²) in [5.74, 6) is -1.70. The number of esters is 1. The first-order valence-electron chi connectivity index (χ1n) is 15.1. The fourth-order valence-electron chi connectivity index (χ4n) is 6.14. The Balaban J connectivity index is 1.26. The second-order valence-corrected chi connectivity index (χ2v) is 14.3. The van der Waals surface area contributed by atoms with Gasteiger partial charge in [-0.2, -0.15) is 0 Å². The molecule has 2 aliphatic rings. The Bertz CT molecular complexity index is 1910. The van der Waals surface area contributed by atoms with Crippen molar-refractivity contribution < 1.29 is 37.7 Å². The maximum absolute atomic E-state index is 13.5. The van der Waals surface area contributed by atoms with Crippen LogP contribution in [0, 0.1) is 5.92 Å². The Kier molecular flexibility index (Phi) is 9.23. The van der Waals surface area contributed by atoms with Gasteiger partial charge in [0.05, 0.1) is 35.7 Å². The number of imidazole rings is 1. The predicted octanol–water partition coefficient (Wildman–Crippen LogP) is 3.64. The van der Waals surface area contributed by atoms with Crippen LogP contribution in [0.25, 0.3) is 16.7 Å². The number of nitrogens with zero attached hydrogens (tertiary/aromatic N) is 2. The average molecular weight is 680 g/mol. The number of hydrogen-bond acceptors (Lipinski definition) is 9. The highest BCUT2D eigenvalue weighted by atomic mass is 35.5. The number of hydrogen-bond donors (Lipinski definition) is 3. The molecule has 0 spiro atoms. The zero-order valence-electron chi connectivity index (χ0n) is 25.4. The first-order chi connectivity index (χ1) is 22.4. The van der Waals surface area contributed by atoms with Gasteiger partial charge in [-0.15, -0.1) is 0 Å². The summed E-state index contributed by atoms with van der Waals surface area (Å²) < 4.78 is 39.8. The summed E-state index contributed by atoms with van der Waals surface area (Å²) in [5, 5.41) is 22.5. The molecule has 2 fully saturated rings. The highest BCUT2D eigenvalue weighted by Gasteiger charge is 2.54. The summed E-state index contributed by atoms with van der Waals surface area (Å²) in [7, 11) is -4.01. The van der Waals surface area contributed by atoms with E-state index in [1.807, 2.05) is 71.5 Å². The summed E-state index contributed by atoms with van der Waals surface area (Å²) in [6.07, 6.45) is -0.900. The second-order valence-electron chi connectivity index (χ2n) is 12.1. The van der Waals surface area contributed by atoms with Gasteiger partial charge in [-0.3, -0.25) is 14.1 Å². The van der Waals surface area contributed by atoms with E-state index < -0.39 is 52.2 Å². The number of nitrogens with one attached hydrogen (secondary N) is 1. The maximum Gasteiger partial charge on any atom is 0.333 e. The first kappa shape index (κ1) is 32.9. The van der Waals surface area contributed by atoms with Gasteiger partial charge < -0.3 is 19.7 Å². The summed E-state index contributed by atoms with van der Waals surface area (Å²) in [6.45, 7) is 0.0692. The zero-order chi connectivity index (χ0) is 33.3. The van der Waals surface area contributed by atoms with Crippen LogP contribution in [-0.2, 0) is 29.1 Å². The van der Waals surface area contributed by atoms with Gasteiger partial charge in [0.2, 0.25) is 10.0 Å². The molecule has 246 valence electrons. The highest BCUT2D eigenvalue weighted by molar-refractivity contribution is 7.89. The van der Waals surface area contributed by atoms with Crippen LogP contribution in [0.3, 0.4) is 0 Å². The van der Waals surface area contributed by atoms with Gasteiger partial charge >= 0.3 is 5.97 Å². The lowest BCUT2D eigenvalue weighted by Crippen LogP contribution is -2.61. The molecule has 2 saturated carbocycles. The number of carbonyl (C=O) groups is 2. The van der Waals surface area contributed by atoms with E-state index >= 15 is 0 Å². The standard InChI is InChI=1S/C34H34ClN3O8S/c1-47(43,44)37-33(42)34(45-19-23-15-25(23)21-11-13-24(35)14-12-21)17-29(39)32(41)30(18-34)46-31(40)16-28(22-7-3-2-4-8-22)38-20-36-26-9-5-6-10-27(26)38/h2-14,16,20,23,25,29-30,32,39,41H,15,17-19H2,1H3,(H,37,42)/b28-16-/t23-,25+,29+,30+,32+,34-/m0/s1. The lowest BCUT2D eigenvalue weighted by molar-refractivity contribution is -0.197. The third kappa shape index (κ3) is 7.42. The van der Waals surface area contributed by atoms with Crippen molar-refractivity contribution in [3.63, 3.8) is 0 Å². The van der Waals surface area contributed by atoms with Gasteiger partial charge in [-0.25, -0.2) is 18.2 Å². The second kappa shape index (κ2) is 13.2. The molecule has 3 aromatic carbocycles. The number of carbonyl (C=O) groups excluding carboxylic acids is 2. The molecule has 0 unspecified atom stereocenters. The van der Waals surface area contributed by atoms with Crippen molar-refractivity contribution in [1.82, 2.24) is 14.3 Å². The Morgan fingerprint density at radius 3 is 2.47 bits per heavy atom. The Morgan fingerprint density at radius 2 is 1.74 bits per heavy atom. The molecule has 1 aromatic heterocycles. The van der Waals surface area contributed by atoms with Gasteiger partial charge in [0, 0.05) is 23.9 Å². The molecular formula is C34H34ClN3O8S. The molecular weight excluding hydrogens is 646 g/mol. The van der Waals surface area contributed by atoms with Gasteiger partial charge in [-0.05, 0) is 53.6 Å². The molecule has 1 heterocycles. The number of benzene rings is 3. The van der Waals surface area contributed by atoms with Crippen LogP contribution in [0.4, 0.5) is 0 Å². The van der Waals surface area contributed by atoms with Crippen LogP contribution >= 0.6 is 11.6 Å². The van der Waals surface area contributed by atoms with Crippen LogP contribution in [0.15, 0.2) is 91.3 Å². The maximum atomic E-state index is 13.5. The monoisotopic (exact) mass is 679 g/mol. The molecule has 0 bridgehead atoms. The van der Waals surface area contributed by atoms with E-state index in [9.17, 15) is 28.2 Å². The fraction of sp³-hybridized carbons (Fsp3) is 0.324. The quantitative estimate of drug-likeness (QED) is 0.168. The minimum Gasteiger partial charge on any atom is -0.456 e. The van der Waals surface area contributed by atoms with Crippen LogP contribution in [0.1, 0.15) is 36.3 Å². The zero-order valence-corrected chi connectivity index (χ0v) is 27.0. The lowest BCUT2D eigenvalue weighted by Gasteiger charge is -2.43. The summed E-state index contributed by atoms with van der Waals surface area (Å²) in [4.78, 5) is 31.4. The van der Waals surface area contributed by atoms with Gasteiger partial charge in [0.15, 0.2) is 5.60 Å². The molecule has 6 atom stereocenters. The minimum atomic E-state index is -4.01. The molecule has 11 nitrogen and oxygen atoms in total. The van der Waals surface area contributed by atoms with E-state index in [0.29, 0.717) is 21.8 Å². The highest BCUT2D eigenvalue weighted by Crippen LogP contribution is 2.49. The van der Waals surface area contributed by atoms with E-state index in [-0.39, 0.29) is 24.9 Å². The van der Waals surface area contributed by atoms with Crippen LogP contribution in [0.2, 0.25) is 5.02 Å². The van der Waals surface area contributed by atoms with Crippen LogP contribution in [-0.4, -0.2) is 76.8 Å². The van der Waals surface area contributed by atoms with Crippen molar-refractivity contribution in [2.45, 2.75) is 49.1 Å².